The lowest BCUT2D eigenvalue weighted by Gasteiger charge is -2.21. The molecule has 2 N–H and O–H groups in total. The topological polar surface area (TPSA) is 49.8 Å². The van der Waals surface area contributed by atoms with Crippen molar-refractivity contribution in [3.8, 4) is 6.07 Å². The van der Waals surface area contributed by atoms with E-state index < -0.39 is 0 Å². The minimum Gasteiger partial charge on any atom is -0.323 e. The van der Waals surface area contributed by atoms with Crippen molar-refractivity contribution < 1.29 is 0 Å². The highest BCUT2D eigenvalue weighted by Gasteiger charge is 2.20. The number of benzene rings is 1. The molecule has 1 aromatic carbocycles. The number of nitrogens with two attached hydrogens (primary N) is 1. The lowest BCUT2D eigenvalue weighted by Crippen LogP contribution is -2.21. The average molecular weight is 216 g/mol. The first-order valence-electron chi connectivity index (χ1n) is 5.74. The van der Waals surface area contributed by atoms with E-state index in [0.717, 1.165) is 12.0 Å². The number of hydrogen-bond acceptors (Lipinski definition) is 2. The maximum absolute atomic E-state index is 9.06. The van der Waals surface area contributed by atoms with Crippen molar-refractivity contribution in [3.63, 3.8) is 0 Å². The first-order chi connectivity index (χ1) is 7.51. The van der Waals surface area contributed by atoms with E-state index >= 15 is 0 Å². The molecule has 0 spiro atoms. The Hall–Kier alpha value is -1.33. The average Bonchev–Trinajstić information content (AvgIpc) is 2.17. The fourth-order valence-electron chi connectivity index (χ4n) is 2.34. The van der Waals surface area contributed by atoms with Gasteiger partial charge in [-0.2, -0.15) is 5.26 Å². The minimum atomic E-state index is -0.171. The Morgan fingerprint density at radius 2 is 1.75 bits per heavy atom. The standard InChI is InChI=1S/C14H20N2/c1-5-12(8-15)14(16)13-10(3)6-9(2)7-11(13)4/h6-7,12,14H,5,16H2,1-4H3. The third-order valence-electron chi connectivity index (χ3n) is 3.11. The molecule has 0 saturated heterocycles. The molecule has 0 aliphatic heterocycles. The van der Waals surface area contributed by atoms with Gasteiger partial charge in [0, 0.05) is 6.04 Å². The summed E-state index contributed by atoms with van der Waals surface area (Å²) in [6, 6.07) is 6.39. The molecule has 2 nitrogen and oxygen atoms in total. The first-order valence-corrected chi connectivity index (χ1v) is 5.74. The fourth-order valence-corrected chi connectivity index (χ4v) is 2.34. The lowest BCUT2D eigenvalue weighted by atomic mass is 9.86. The van der Waals surface area contributed by atoms with Crippen molar-refractivity contribution in [1.29, 1.82) is 5.26 Å². The molecule has 2 heteroatoms. The van der Waals surface area contributed by atoms with Crippen LogP contribution >= 0.6 is 0 Å². The largest absolute Gasteiger partial charge is 0.323 e. The number of rotatable bonds is 3. The van der Waals surface area contributed by atoms with Gasteiger partial charge in [0.1, 0.15) is 0 Å². The Kier molecular flexibility index (Phi) is 4.09. The van der Waals surface area contributed by atoms with Gasteiger partial charge in [-0.25, -0.2) is 0 Å². The van der Waals surface area contributed by atoms with Gasteiger partial charge in [0.15, 0.2) is 0 Å². The van der Waals surface area contributed by atoms with Gasteiger partial charge in [-0.1, -0.05) is 24.6 Å². The molecule has 0 aliphatic rings. The van der Waals surface area contributed by atoms with Crippen LogP contribution in [0.1, 0.15) is 41.6 Å². The molecule has 0 aromatic heterocycles. The number of hydrogen-bond donors (Lipinski definition) is 1. The van der Waals surface area contributed by atoms with Crippen molar-refractivity contribution in [2.45, 2.75) is 40.2 Å². The fraction of sp³-hybridized carbons (Fsp3) is 0.500. The Balaban J connectivity index is 3.18. The van der Waals surface area contributed by atoms with Gasteiger partial charge in [0.25, 0.3) is 0 Å². The highest BCUT2D eigenvalue weighted by atomic mass is 14.7. The quantitative estimate of drug-likeness (QED) is 0.843. The van der Waals surface area contributed by atoms with E-state index in [9.17, 15) is 0 Å². The van der Waals surface area contributed by atoms with Gasteiger partial charge >= 0.3 is 0 Å². The summed E-state index contributed by atoms with van der Waals surface area (Å²) in [4.78, 5) is 0. The molecule has 2 unspecified atom stereocenters. The van der Waals surface area contributed by atoms with E-state index in [-0.39, 0.29) is 12.0 Å². The molecule has 2 atom stereocenters. The molecule has 1 rings (SSSR count). The van der Waals surface area contributed by atoms with Crippen LogP contribution in [0.2, 0.25) is 0 Å². The molecule has 0 heterocycles. The van der Waals surface area contributed by atoms with Gasteiger partial charge in [-0.15, -0.1) is 0 Å². The Bertz CT molecular complexity index is 392. The van der Waals surface area contributed by atoms with E-state index in [0.29, 0.717) is 0 Å². The predicted octanol–water partition coefficient (Wildman–Crippen LogP) is 3.16. The van der Waals surface area contributed by atoms with E-state index in [1.807, 2.05) is 6.92 Å². The minimum absolute atomic E-state index is 0.0971. The highest BCUT2D eigenvalue weighted by Crippen LogP contribution is 2.28. The third kappa shape index (κ3) is 2.43. The van der Waals surface area contributed by atoms with Gasteiger partial charge in [-0.3, -0.25) is 0 Å². The second kappa shape index (κ2) is 5.14. The number of nitrogens with zero attached hydrogens (tertiary/aromatic N) is 1. The van der Waals surface area contributed by atoms with E-state index in [4.69, 9.17) is 11.0 Å². The summed E-state index contributed by atoms with van der Waals surface area (Å²) in [6.07, 6.45) is 0.796. The van der Waals surface area contributed by atoms with Crippen LogP contribution in [0.4, 0.5) is 0 Å². The first kappa shape index (κ1) is 12.7. The molecule has 0 fully saturated rings. The summed E-state index contributed by atoms with van der Waals surface area (Å²) < 4.78 is 0. The third-order valence-corrected chi connectivity index (χ3v) is 3.11. The molecule has 86 valence electrons. The summed E-state index contributed by atoms with van der Waals surface area (Å²) in [5, 5.41) is 9.06. The number of aryl methyl sites for hydroxylation is 3. The van der Waals surface area contributed by atoms with E-state index in [1.165, 1.54) is 16.7 Å². The van der Waals surface area contributed by atoms with E-state index in [2.05, 4.69) is 39.0 Å². The van der Waals surface area contributed by atoms with Crippen molar-refractivity contribution >= 4 is 0 Å². The van der Waals surface area contributed by atoms with Crippen LogP contribution in [-0.2, 0) is 0 Å². The molecule has 0 aliphatic carbocycles. The predicted molar refractivity (Wildman–Crippen MR) is 67.0 cm³/mol. The molecule has 0 amide bonds. The number of nitriles is 1. The van der Waals surface area contributed by atoms with Crippen molar-refractivity contribution in [2.24, 2.45) is 11.7 Å². The van der Waals surface area contributed by atoms with Crippen molar-refractivity contribution in [3.05, 3.63) is 34.4 Å². The zero-order chi connectivity index (χ0) is 12.3. The van der Waals surface area contributed by atoms with Crippen LogP contribution < -0.4 is 5.73 Å². The molecule has 0 saturated carbocycles. The zero-order valence-corrected chi connectivity index (χ0v) is 10.5. The monoisotopic (exact) mass is 216 g/mol. The summed E-state index contributed by atoms with van der Waals surface area (Å²) in [6.45, 7) is 8.22. The van der Waals surface area contributed by atoms with Crippen LogP contribution in [0.25, 0.3) is 0 Å². The van der Waals surface area contributed by atoms with Gasteiger partial charge in [-0.05, 0) is 43.9 Å². The van der Waals surface area contributed by atoms with Crippen LogP contribution in [0.15, 0.2) is 12.1 Å². The maximum atomic E-state index is 9.06. The van der Waals surface area contributed by atoms with Crippen LogP contribution in [0.5, 0.6) is 0 Å². The maximum Gasteiger partial charge on any atom is 0.0675 e. The normalized spacial score (nSPS) is 14.2. The summed E-state index contributed by atoms with van der Waals surface area (Å²) in [7, 11) is 0. The van der Waals surface area contributed by atoms with Crippen molar-refractivity contribution in [1.82, 2.24) is 0 Å². The van der Waals surface area contributed by atoms with Gasteiger partial charge < -0.3 is 5.73 Å². The van der Waals surface area contributed by atoms with E-state index in [1.54, 1.807) is 0 Å². The smallest absolute Gasteiger partial charge is 0.0675 e. The SMILES string of the molecule is CCC(C#N)C(N)c1c(C)cc(C)cc1C. The Morgan fingerprint density at radius 3 is 2.12 bits per heavy atom. The van der Waals surface area contributed by atoms with Crippen LogP contribution in [0.3, 0.4) is 0 Å². The van der Waals surface area contributed by atoms with Crippen LogP contribution in [0, 0.1) is 38.0 Å². The molecule has 1 aromatic rings. The molecular weight excluding hydrogens is 196 g/mol. The van der Waals surface area contributed by atoms with Gasteiger partial charge in [0.2, 0.25) is 0 Å². The summed E-state index contributed by atoms with van der Waals surface area (Å²) >= 11 is 0. The lowest BCUT2D eigenvalue weighted by molar-refractivity contribution is 0.513. The Labute approximate surface area is 98.1 Å². The second-order valence-electron chi connectivity index (χ2n) is 4.48. The van der Waals surface area contributed by atoms with Crippen LogP contribution in [-0.4, -0.2) is 0 Å². The van der Waals surface area contributed by atoms with Gasteiger partial charge in [0.05, 0.1) is 12.0 Å². The van der Waals surface area contributed by atoms with Crippen molar-refractivity contribution in [2.75, 3.05) is 0 Å². The molecular formula is C14H20N2. The molecule has 0 radical (unpaired) electrons. The molecule has 0 bridgehead atoms. The highest BCUT2D eigenvalue weighted by molar-refractivity contribution is 5.40. The molecule has 16 heavy (non-hydrogen) atoms. The summed E-state index contributed by atoms with van der Waals surface area (Å²) in [5.41, 5.74) is 11.0. The second-order valence-corrected chi connectivity index (χ2v) is 4.48. The summed E-state index contributed by atoms with van der Waals surface area (Å²) in [5.74, 6) is -0.0971. The zero-order valence-electron chi connectivity index (χ0n) is 10.5. The Morgan fingerprint density at radius 1 is 1.25 bits per heavy atom.